The van der Waals surface area contributed by atoms with E-state index in [0.717, 1.165) is 12.0 Å². The van der Waals surface area contributed by atoms with Crippen LogP contribution >= 0.6 is 0 Å². The fraction of sp³-hybridized carbons (Fsp3) is 0.368. The summed E-state index contributed by atoms with van der Waals surface area (Å²) in [4.78, 5) is 14.5. The summed E-state index contributed by atoms with van der Waals surface area (Å²) in [6.07, 6.45) is 6.52. The molecule has 2 atom stereocenters. The quantitative estimate of drug-likeness (QED) is 0.860. The van der Waals surface area contributed by atoms with Crippen LogP contribution in [0.2, 0.25) is 0 Å². The zero-order valence-corrected chi connectivity index (χ0v) is 14.7. The number of carbonyl (C=O) groups is 1. The van der Waals surface area contributed by atoms with E-state index in [4.69, 9.17) is 10.5 Å². The normalized spacial score (nSPS) is 20.2. The minimum atomic E-state index is -0.275. The summed E-state index contributed by atoms with van der Waals surface area (Å²) in [5, 5.41) is 4.20. The molecule has 1 fully saturated rings. The fourth-order valence-electron chi connectivity index (χ4n) is 3.20. The molecule has 2 N–H and O–H groups in total. The summed E-state index contributed by atoms with van der Waals surface area (Å²) >= 11 is 0. The molecule has 1 aromatic heterocycles. The molecule has 2 aromatic rings. The highest BCUT2D eigenvalue weighted by Crippen LogP contribution is 2.22. The van der Waals surface area contributed by atoms with Gasteiger partial charge >= 0.3 is 0 Å². The van der Waals surface area contributed by atoms with Gasteiger partial charge in [0.1, 0.15) is 11.6 Å². The van der Waals surface area contributed by atoms with Crippen LogP contribution in [-0.4, -0.2) is 46.4 Å². The van der Waals surface area contributed by atoms with Crippen molar-refractivity contribution in [3.05, 3.63) is 54.0 Å². The number of likely N-dealkylation sites (tertiary alicyclic amines) is 1. The maximum absolute atomic E-state index is 12.9. The van der Waals surface area contributed by atoms with E-state index in [1.807, 2.05) is 17.2 Å². The lowest BCUT2D eigenvalue weighted by molar-refractivity contribution is -0.131. The van der Waals surface area contributed by atoms with Crippen LogP contribution in [0.3, 0.4) is 0 Å². The Balaban J connectivity index is 1.62. The van der Waals surface area contributed by atoms with Crippen LogP contribution in [0.4, 0.5) is 10.2 Å². The number of benzene rings is 1. The minimum absolute atomic E-state index is 0.0194. The van der Waals surface area contributed by atoms with Gasteiger partial charge in [0.05, 0.1) is 18.7 Å². The summed E-state index contributed by atoms with van der Waals surface area (Å²) in [5.74, 6) is 0.224. The van der Waals surface area contributed by atoms with Crippen LogP contribution in [0.1, 0.15) is 18.4 Å². The summed E-state index contributed by atoms with van der Waals surface area (Å²) in [6, 6.07) is 7.91. The lowest BCUT2D eigenvalue weighted by Gasteiger charge is -2.24. The second-order valence-electron chi connectivity index (χ2n) is 6.41. The van der Waals surface area contributed by atoms with Gasteiger partial charge in [-0.15, -0.1) is 0 Å². The topological polar surface area (TPSA) is 73.4 Å². The van der Waals surface area contributed by atoms with Gasteiger partial charge in [0, 0.05) is 26.3 Å². The largest absolute Gasteiger partial charge is 0.382 e. The maximum Gasteiger partial charge on any atom is 0.226 e. The third kappa shape index (κ3) is 4.49. The average Bonchev–Trinajstić information content (AvgIpc) is 3.23. The molecule has 7 heteroatoms. The third-order valence-corrected chi connectivity index (χ3v) is 4.56. The molecule has 138 valence electrons. The summed E-state index contributed by atoms with van der Waals surface area (Å²) in [7, 11) is 1.66. The molecule has 1 aliphatic rings. The van der Waals surface area contributed by atoms with Crippen molar-refractivity contribution in [2.75, 3.05) is 19.4 Å². The Morgan fingerprint density at radius 2 is 2.15 bits per heavy atom. The molecule has 1 aliphatic heterocycles. The van der Waals surface area contributed by atoms with E-state index in [1.54, 1.807) is 36.1 Å². The molecule has 1 saturated heterocycles. The van der Waals surface area contributed by atoms with Crippen LogP contribution in [0, 0.1) is 5.82 Å². The molecule has 0 unspecified atom stereocenters. The van der Waals surface area contributed by atoms with Gasteiger partial charge in [-0.05, 0) is 30.2 Å². The van der Waals surface area contributed by atoms with E-state index >= 15 is 0 Å². The number of nitrogen functional groups attached to an aromatic ring is 1. The first-order chi connectivity index (χ1) is 12.5. The first kappa shape index (κ1) is 18.1. The molecular weight excluding hydrogens is 335 g/mol. The van der Waals surface area contributed by atoms with Crippen LogP contribution in [0.15, 0.2) is 42.6 Å². The number of ether oxygens (including phenoxy) is 1. The molecule has 0 radical (unpaired) electrons. The lowest BCUT2D eigenvalue weighted by atomic mass is 10.2. The monoisotopic (exact) mass is 358 g/mol. The number of carbonyl (C=O) groups excluding carboxylic acids is 1. The molecule has 3 rings (SSSR count). The Bertz CT molecular complexity index is 772. The summed E-state index contributed by atoms with van der Waals surface area (Å²) < 4.78 is 20.1. The van der Waals surface area contributed by atoms with Crippen LogP contribution < -0.4 is 5.73 Å². The lowest BCUT2D eigenvalue weighted by Crippen LogP contribution is -2.38. The van der Waals surface area contributed by atoms with E-state index < -0.39 is 0 Å². The number of halogens is 1. The molecule has 0 saturated carbocycles. The molecule has 2 heterocycles. The first-order valence-corrected chi connectivity index (χ1v) is 8.58. The SMILES string of the molecule is CO[C@H]1C[C@@H](Cn2ccc(N)n2)N(C(=O)C/C=C/c2ccc(F)cc2)C1. The van der Waals surface area contributed by atoms with Gasteiger partial charge in [0.15, 0.2) is 0 Å². The Kier molecular flexibility index (Phi) is 5.68. The van der Waals surface area contributed by atoms with Crippen LogP contribution in [0.25, 0.3) is 6.08 Å². The number of nitrogens with zero attached hydrogens (tertiary/aromatic N) is 3. The molecule has 0 bridgehead atoms. The van der Waals surface area contributed by atoms with E-state index in [1.165, 1.54) is 12.1 Å². The fourth-order valence-corrected chi connectivity index (χ4v) is 3.20. The van der Waals surface area contributed by atoms with Gasteiger partial charge in [-0.25, -0.2) is 4.39 Å². The Labute approximate surface area is 152 Å². The van der Waals surface area contributed by atoms with Gasteiger partial charge in [-0.1, -0.05) is 24.3 Å². The van der Waals surface area contributed by atoms with Crippen molar-refractivity contribution in [3.8, 4) is 0 Å². The molecule has 0 spiro atoms. The zero-order chi connectivity index (χ0) is 18.5. The molecular formula is C19H23FN4O2. The van der Waals surface area contributed by atoms with E-state index in [9.17, 15) is 9.18 Å². The third-order valence-electron chi connectivity index (χ3n) is 4.56. The maximum atomic E-state index is 12.9. The predicted molar refractivity (Wildman–Crippen MR) is 97.6 cm³/mol. The number of rotatable bonds is 6. The number of aromatic nitrogens is 2. The Morgan fingerprint density at radius 3 is 2.81 bits per heavy atom. The van der Waals surface area contributed by atoms with Crippen molar-refractivity contribution in [1.82, 2.24) is 14.7 Å². The first-order valence-electron chi connectivity index (χ1n) is 8.58. The summed E-state index contributed by atoms with van der Waals surface area (Å²) in [6.45, 7) is 1.16. The van der Waals surface area contributed by atoms with Gasteiger partial charge in [0.2, 0.25) is 5.91 Å². The van der Waals surface area contributed by atoms with Crippen molar-refractivity contribution >= 4 is 17.8 Å². The van der Waals surface area contributed by atoms with E-state index in [-0.39, 0.29) is 30.3 Å². The molecule has 26 heavy (non-hydrogen) atoms. The molecule has 6 nitrogen and oxygen atoms in total. The Morgan fingerprint density at radius 1 is 1.38 bits per heavy atom. The zero-order valence-electron chi connectivity index (χ0n) is 14.7. The second kappa shape index (κ2) is 8.14. The van der Waals surface area contributed by atoms with Crippen molar-refractivity contribution in [2.24, 2.45) is 0 Å². The summed E-state index contributed by atoms with van der Waals surface area (Å²) in [5.41, 5.74) is 6.52. The highest BCUT2D eigenvalue weighted by Gasteiger charge is 2.35. The second-order valence-corrected chi connectivity index (χ2v) is 6.41. The van der Waals surface area contributed by atoms with Crippen molar-refractivity contribution < 1.29 is 13.9 Å². The van der Waals surface area contributed by atoms with Gasteiger partial charge in [0.25, 0.3) is 0 Å². The van der Waals surface area contributed by atoms with Crippen LogP contribution in [0.5, 0.6) is 0 Å². The number of amides is 1. The predicted octanol–water partition coefficient (Wildman–Crippen LogP) is 2.32. The van der Waals surface area contributed by atoms with Gasteiger partial charge in [-0.3, -0.25) is 9.48 Å². The minimum Gasteiger partial charge on any atom is -0.382 e. The molecule has 1 aromatic carbocycles. The van der Waals surface area contributed by atoms with Crippen LogP contribution in [-0.2, 0) is 16.1 Å². The highest BCUT2D eigenvalue weighted by atomic mass is 19.1. The van der Waals surface area contributed by atoms with Gasteiger partial charge in [-0.2, -0.15) is 5.10 Å². The molecule has 0 aliphatic carbocycles. The average molecular weight is 358 g/mol. The van der Waals surface area contributed by atoms with Crippen molar-refractivity contribution in [2.45, 2.75) is 31.5 Å². The number of nitrogens with two attached hydrogens (primary N) is 1. The standard InChI is InChI=1S/C19H23FN4O2/c1-26-17-11-16(12-23-10-9-18(21)22-23)24(13-17)19(25)4-2-3-14-5-7-15(20)8-6-14/h2-3,5-10,16-17H,4,11-13H2,1H3,(H2,21,22)/b3-2+/t16-,17-/m0/s1. The number of hydrogen-bond acceptors (Lipinski definition) is 4. The Hall–Kier alpha value is -2.67. The smallest absolute Gasteiger partial charge is 0.226 e. The van der Waals surface area contributed by atoms with Gasteiger partial charge < -0.3 is 15.4 Å². The van der Waals surface area contributed by atoms with E-state index in [2.05, 4.69) is 5.10 Å². The highest BCUT2D eigenvalue weighted by molar-refractivity contribution is 5.79. The number of methoxy groups -OCH3 is 1. The van der Waals surface area contributed by atoms with Crippen molar-refractivity contribution in [1.29, 1.82) is 0 Å². The number of anilines is 1. The molecule has 1 amide bonds. The van der Waals surface area contributed by atoms with E-state index in [0.29, 0.717) is 18.9 Å². The number of hydrogen-bond donors (Lipinski definition) is 1. The van der Waals surface area contributed by atoms with Crippen molar-refractivity contribution in [3.63, 3.8) is 0 Å².